The van der Waals surface area contributed by atoms with E-state index in [9.17, 15) is 0 Å². The zero-order valence-electron chi connectivity index (χ0n) is 11.9. The molecule has 0 saturated carbocycles. The van der Waals surface area contributed by atoms with Crippen LogP contribution in [0.4, 0.5) is 5.69 Å². The number of para-hydroxylation sites is 1. The maximum absolute atomic E-state index is 3.70. The Morgan fingerprint density at radius 3 is 2.26 bits per heavy atom. The summed E-state index contributed by atoms with van der Waals surface area (Å²) in [4.78, 5) is 0. The standard InChI is InChI=1S/C18H23N/c1-3-16-12-8-9-13-18(16)19-17(4-2)14-15-10-6-5-7-11-15/h5-13,17,19H,3-4,14H2,1-2H3. The van der Waals surface area contributed by atoms with Gasteiger partial charge in [0.25, 0.3) is 0 Å². The first-order chi connectivity index (χ1) is 9.33. The van der Waals surface area contributed by atoms with Crippen molar-refractivity contribution in [2.45, 2.75) is 39.2 Å². The highest BCUT2D eigenvalue weighted by Crippen LogP contribution is 2.18. The molecule has 0 fully saturated rings. The van der Waals surface area contributed by atoms with Crippen molar-refractivity contribution in [1.29, 1.82) is 0 Å². The van der Waals surface area contributed by atoms with Crippen LogP contribution in [0.25, 0.3) is 0 Å². The molecule has 100 valence electrons. The third-order valence-electron chi connectivity index (χ3n) is 3.58. The van der Waals surface area contributed by atoms with Crippen LogP contribution in [0.2, 0.25) is 0 Å². The number of anilines is 1. The van der Waals surface area contributed by atoms with Crippen molar-refractivity contribution in [2.24, 2.45) is 0 Å². The number of hydrogen-bond acceptors (Lipinski definition) is 1. The second kappa shape index (κ2) is 6.98. The SMILES string of the molecule is CCc1ccccc1NC(CC)Cc1ccccc1. The molecule has 0 aromatic heterocycles. The van der Waals surface area contributed by atoms with Crippen molar-refractivity contribution in [3.8, 4) is 0 Å². The summed E-state index contributed by atoms with van der Waals surface area (Å²) in [6.07, 6.45) is 3.28. The number of benzene rings is 2. The van der Waals surface area contributed by atoms with Gasteiger partial charge in [-0.05, 0) is 36.5 Å². The molecule has 0 heterocycles. The van der Waals surface area contributed by atoms with Gasteiger partial charge in [0.2, 0.25) is 0 Å². The van der Waals surface area contributed by atoms with Crippen LogP contribution in [0, 0.1) is 0 Å². The number of rotatable bonds is 6. The average Bonchev–Trinajstić information content (AvgIpc) is 2.48. The van der Waals surface area contributed by atoms with Crippen LogP contribution in [0.5, 0.6) is 0 Å². The van der Waals surface area contributed by atoms with E-state index in [1.165, 1.54) is 16.8 Å². The van der Waals surface area contributed by atoms with Crippen molar-refractivity contribution in [3.05, 3.63) is 65.7 Å². The zero-order chi connectivity index (χ0) is 13.5. The van der Waals surface area contributed by atoms with Crippen molar-refractivity contribution in [1.82, 2.24) is 0 Å². The molecule has 2 rings (SSSR count). The van der Waals surface area contributed by atoms with Crippen LogP contribution < -0.4 is 5.32 Å². The molecule has 1 unspecified atom stereocenters. The Balaban J connectivity index is 2.07. The van der Waals surface area contributed by atoms with E-state index >= 15 is 0 Å². The van der Waals surface area contributed by atoms with E-state index in [1.807, 2.05) is 0 Å². The molecular weight excluding hydrogens is 230 g/mol. The van der Waals surface area contributed by atoms with Crippen molar-refractivity contribution >= 4 is 5.69 Å². The van der Waals surface area contributed by atoms with E-state index < -0.39 is 0 Å². The molecule has 19 heavy (non-hydrogen) atoms. The highest BCUT2D eigenvalue weighted by atomic mass is 14.9. The van der Waals surface area contributed by atoms with Gasteiger partial charge >= 0.3 is 0 Å². The summed E-state index contributed by atoms with van der Waals surface area (Å²) in [7, 11) is 0. The molecule has 0 aliphatic heterocycles. The van der Waals surface area contributed by atoms with Crippen LogP contribution in [0.3, 0.4) is 0 Å². The first kappa shape index (κ1) is 13.7. The molecule has 1 N–H and O–H groups in total. The molecule has 0 aliphatic rings. The van der Waals surface area contributed by atoms with E-state index in [1.54, 1.807) is 0 Å². The summed E-state index contributed by atoms with van der Waals surface area (Å²) in [5.41, 5.74) is 4.08. The quantitative estimate of drug-likeness (QED) is 0.788. The topological polar surface area (TPSA) is 12.0 Å². The largest absolute Gasteiger partial charge is 0.382 e. The van der Waals surface area contributed by atoms with Gasteiger partial charge < -0.3 is 5.32 Å². The predicted molar refractivity (Wildman–Crippen MR) is 83.7 cm³/mol. The first-order valence-corrected chi connectivity index (χ1v) is 7.21. The first-order valence-electron chi connectivity index (χ1n) is 7.21. The van der Waals surface area contributed by atoms with Gasteiger partial charge in [0.15, 0.2) is 0 Å². The zero-order valence-corrected chi connectivity index (χ0v) is 11.9. The molecule has 0 amide bonds. The molecule has 1 heteroatoms. The molecule has 1 nitrogen and oxygen atoms in total. The molecule has 2 aromatic carbocycles. The molecule has 0 spiro atoms. The molecule has 2 aromatic rings. The number of hydrogen-bond donors (Lipinski definition) is 1. The predicted octanol–water partition coefficient (Wildman–Crippen LogP) is 4.68. The lowest BCUT2D eigenvalue weighted by Crippen LogP contribution is -2.22. The molecular formula is C18H23N. The van der Waals surface area contributed by atoms with Crippen molar-refractivity contribution < 1.29 is 0 Å². The lowest BCUT2D eigenvalue weighted by atomic mass is 10.0. The summed E-state index contributed by atoms with van der Waals surface area (Å²) in [6, 6.07) is 19.8. The maximum atomic E-state index is 3.70. The van der Waals surface area contributed by atoms with Gasteiger partial charge in [0.1, 0.15) is 0 Å². The fraction of sp³-hybridized carbons (Fsp3) is 0.333. The second-order valence-corrected chi connectivity index (χ2v) is 4.95. The summed E-state index contributed by atoms with van der Waals surface area (Å²) in [5.74, 6) is 0. The Bertz CT molecular complexity index is 490. The van der Waals surface area contributed by atoms with Crippen LogP contribution >= 0.6 is 0 Å². The molecule has 0 aliphatic carbocycles. The Morgan fingerprint density at radius 1 is 0.895 bits per heavy atom. The minimum Gasteiger partial charge on any atom is -0.382 e. The van der Waals surface area contributed by atoms with Gasteiger partial charge in [-0.1, -0.05) is 62.4 Å². The van der Waals surface area contributed by atoms with E-state index in [4.69, 9.17) is 0 Å². The Hall–Kier alpha value is -1.76. The second-order valence-electron chi connectivity index (χ2n) is 4.95. The lowest BCUT2D eigenvalue weighted by Gasteiger charge is -2.20. The normalized spacial score (nSPS) is 12.1. The number of aryl methyl sites for hydroxylation is 1. The summed E-state index contributed by atoms with van der Waals surface area (Å²) < 4.78 is 0. The van der Waals surface area contributed by atoms with Gasteiger partial charge in [-0.15, -0.1) is 0 Å². The van der Waals surface area contributed by atoms with Crippen molar-refractivity contribution in [3.63, 3.8) is 0 Å². The van der Waals surface area contributed by atoms with Crippen LogP contribution in [0.15, 0.2) is 54.6 Å². The molecule has 0 bridgehead atoms. The minimum absolute atomic E-state index is 0.495. The third kappa shape index (κ3) is 3.85. The van der Waals surface area contributed by atoms with Gasteiger partial charge in [0.05, 0.1) is 0 Å². The summed E-state index contributed by atoms with van der Waals surface area (Å²) in [6.45, 7) is 4.45. The highest BCUT2D eigenvalue weighted by molar-refractivity contribution is 5.51. The lowest BCUT2D eigenvalue weighted by molar-refractivity contribution is 0.689. The van der Waals surface area contributed by atoms with E-state index in [0.717, 1.165) is 19.3 Å². The van der Waals surface area contributed by atoms with Crippen molar-refractivity contribution in [2.75, 3.05) is 5.32 Å². The Labute approximate surface area is 116 Å². The highest BCUT2D eigenvalue weighted by Gasteiger charge is 2.08. The Morgan fingerprint density at radius 2 is 1.58 bits per heavy atom. The van der Waals surface area contributed by atoms with E-state index in [0.29, 0.717) is 6.04 Å². The smallest absolute Gasteiger partial charge is 0.0374 e. The van der Waals surface area contributed by atoms with Crippen LogP contribution in [-0.4, -0.2) is 6.04 Å². The van der Waals surface area contributed by atoms with Gasteiger partial charge in [-0.25, -0.2) is 0 Å². The van der Waals surface area contributed by atoms with Crippen LogP contribution in [0.1, 0.15) is 31.4 Å². The molecule has 0 saturated heterocycles. The van der Waals surface area contributed by atoms with Crippen LogP contribution in [-0.2, 0) is 12.8 Å². The summed E-state index contributed by atoms with van der Waals surface area (Å²) in [5, 5.41) is 3.70. The van der Waals surface area contributed by atoms with E-state index in [-0.39, 0.29) is 0 Å². The third-order valence-corrected chi connectivity index (χ3v) is 3.58. The fourth-order valence-corrected chi connectivity index (χ4v) is 2.39. The monoisotopic (exact) mass is 253 g/mol. The number of nitrogens with one attached hydrogen (secondary N) is 1. The average molecular weight is 253 g/mol. The summed E-state index contributed by atoms with van der Waals surface area (Å²) >= 11 is 0. The van der Waals surface area contributed by atoms with Gasteiger partial charge in [-0.2, -0.15) is 0 Å². The van der Waals surface area contributed by atoms with Gasteiger partial charge in [0, 0.05) is 11.7 Å². The van der Waals surface area contributed by atoms with E-state index in [2.05, 4.69) is 73.8 Å². The fourth-order valence-electron chi connectivity index (χ4n) is 2.39. The molecule has 1 atom stereocenters. The molecule has 0 radical (unpaired) electrons. The minimum atomic E-state index is 0.495. The van der Waals surface area contributed by atoms with Gasteiger partial charge in [-0.3, -0.25) is 0 Å². The Kier molecular flexibility index (Phi) is 5.02. The maximum Gasteiger partial charge on any atom is 0.0374 e.